The van der Waals surface area contributed by atoms with Gasteiger partial charge in [0.15, 0.2) is 0 Å². The van der Waals surface area contributed by atoms with E-state index >= 15 is 0 Å². The zero-order valence-corrected chi connectivity index (χ0v) is 14.2. The van der Waals surface area contributed by atoms with Crippen molar-refractivity contribution in [3.05, 3.63) is 28.8 Å². The van der Waals surface area contributed by atoms with Gasteiger partial charge in [-0.05, 0) is 38.1 Å². The molecule has 1 N–H and O–H groups in total. The lowest BCUT2D eigenvalue weighted by Gasteiger charge is -2.25. The lowest BCUT2D eigenvalue weighted by molar-refractivity contribution is 0.191. The molecule has 0 aliphatic heterocycles. The highest BCUT2D eigenvalue weighted by Gasteiger charge is 2.12. The third-order valence-electron chi connectivity index (χ3n) is 3.59. The van der Waals surface area contributed by atoms with Crippen molar-refractivity contribution >= 4 is 17.3 Å². The Morgan fingerprint density at radius 1 is 1.19 bits per heavy atom. The van der Waals surface area contributed by atoms with Crippen LogP contribution in [-0.4, -0.2) is 47.6 Å². The van der Waals surface area contributed by atoms with Crippen LogP contribution in [0.5, 0.6) is 0 Å². The SMILES string of the molecule is CNC(C)c1ccc(N(CCCOC)CCOC)cc1Cl. The van der Waals surface area contributed by atoms with Gasteiger partial charge in [0.2, 0.25) is 0 Å². The monoisotopic (exact) mass is 314 g/mol. The molecule has 1 aromatic rings. The number of anilines is 1. The van der Waals surface area contributed by atoms with E-state index in [1.54, 1.807) is 14.2 Å². The topological polar surface area (TPSA) is 33.7 Å². The Morgan fingerprint density at radius 3 is 2.48 bits per heavy atom. The molecule has 0 bridgehead atoms. The summed E-state index contributed by atoms with van der Waals surface area (Å²) in [7, 11) is 5.38. The molecule has 0 aliphatic carbocycles. The molecule has 0 saturated heterocycles. The van der Waals surface area contributed by atoms with Crippen LogP contribution in [0.1, 0.15) is 24.9 Å². The van der Waals surface area contributed by atoms with Gasteiger partial charge < -0.3 is 19.7 Å². The molecular weight excluding hydrogens is 288 g/mol. The van der Waals surface area contributed by atoms with Gasteiger partial charge in [-0.2, -0.15) is 0 Å². The summed E-state index contributed by atoms with van der Waals surface area (Å²) in [6.07, 6.45) is 0.979. The lowest BCUT2D eigenvalue weighted by Crippen LogP contribution is -2.29. The molecule has 0 amide bonds. The second-order valence-corrected chi connectivity index (χ2v) is 5.45. The average Bonchev–Trinajstić information content (AvgIpc) is 2.50. The Morgan fingerprint density at radius 2 is 1.90 bits per heavy atom. The summed E-state index contributed by atoms with van der Waals surface area (Å²) in [5.74, 6) is 0. The van der Waals surface area contributed by atoms with Crippen LogP contribution in [0.3, 0.4) is 0 Å². The van der Waals surface area contributed by atoms with E-state index in [1.807, 2.05) is 13.1 Å². The minimum absolute atomic E-state index is 0.243. The van der Waals surface area contributed by atoms with E-state index in [0.717, 1.165) is 42.4 Å². The van der Waals surface area contributed by atoms with Crippen LogP contribution in [0.25, 0.3) is 0 Å². The quantitative estimate of drug-likeness (QED) is 0.673. The van der Waals surface area contributed by atoms with Gasteiger partial charge in [0, 0.05) is 50.7 Å². The number of ether oxygens (including phenoxy) is 2. The number of halogens is 1. The molecule has 0 saturated carbocycles. The molecule has 1 aromatic carbocycles. The first kappa shape index (κ1) is 18.2. The fraction of sp³-hybridized carbons (Fsp3) is 0.625. The zero-order valence-electron chi connectivity index (χ0n) is 13.5. The fourth-order valence-corrected chi connectivity index (χ4v) is 2.53. The van der Waals surface area contributed by atoms with Gasteiger partial charge in [-0.15, -0.1) is 0 Å². The summed E-state index contributed by atoms with van der Waals surface area (Å²) in [5, 5.41) is 4.01. The summed E-state index contributed by atoms with van der Waals surface area (Å²) >= 11 is 6.42. The molecule has 0 aliphatic rings. The lowest BCUT2D eigenvalue weighted by atomic mass is 10.1. The average molecular weight is 315 g/mol. The van der Waals surface area contributed by atoms with E-state index in [0.29, 0.717) is 6.61 Å². The van der Waals surface area contributed by atoms with Gasteiger partial charge in [0.1, 0.15) is 0 Å². The third kappa shape index (κ3) is 5.83. The Bertz CT molecular complexity index is 415. The first-order valence-electron chi connectivity index (χ1n) is 7.33. The van der Waals surface area contributed by atoms with E-state index in [-0.39, 0.29) is 6.04 Å². The van der Waals surface area contributed by atoms with Crippen molar-refractivity contribution in [2.45, 2.75) is 19.4 Å². The van der Waals surface area contributed by atoms with E-state index in [9.17, 15) is 0 Å². The molecule has 0 aromatic heterocycles. The molecule has 120 valence electrons. The smallest absolute Gasteiger partial charge is 0.0637 e. The molecule has 1 unspecified atom stereocenters. The molecule has 1 rings (SSSR count). The minimum Gasteiger partial charge on any atom is -0.385 e. The molecule has 0 spiro atoms. The van der Waals surface area contributed by atoms with Crippen molar-refractivity contribution in [3.8, 4) is 0 Å². The second-order valence-electron chi connectivity index (χ2n) is 5.04. The summed E-state index contributed by atoms with van der Waals surface area (Å²) in [4.78, 5) is 2.28. The summed E-state index contributed by atoms with van der Waals surface area (Å²) in [5.41, 5.74) is 2.24. The van der Waals surface area contributed by atoms with Gasteiger partial charge in [-0.25, -0.2) is 0 Å². The fourth-order valence-electron chi connectivity index (χ4n) is 2.19. The molecule has 0 fully saturated rings. The molecule has 21 heavy (non-hydrogen) atoms. The molecular formula is C16H27ClN2O2. The Kier molecular flexibility index (Phi) is 8.69. The first-order valence-corrected chi connectivity index (χ1v) is 7.71. The van der Waals surface area contributed by atoms with Crippen LogP contribution in [0.4, 0.5) is 5.69 Å². The van der Waals surface area contributed by atoms with Crippen molar-refractivity contribution < 1.29 is 9.47 Å². The molecule has 1 atom stereocenters. The second kappa shape index (κ2) is 10.0. The van der Waals surface area contributed by atoms with Crippen molar-refractivity contribution in [1.29, 1.82) is 0 Å². The van der Waals surface area contributed by atoms with Gasteiger partial charge in [0.05, 0.1) is 6.61 Å². The normalized spacial score (nSPS) is 12.4. The largest absolute Gasteiger partial charge is 0.385 e. The standard InChI is InChI=1S/C16H27ClN2O2/c1-13(18-2)15-7-6-14(12-16(15)17)19(9-11-21-4)8-5-10-20-3/h6-7,12-13,18H,5,8-11H2,1-4H3. The number of nitrogens with zero attached hydrogens (tertiary/aromatic N) is 1. The molecule has 0 heterocycles. The summed E-state index contributed by atoms with van der Waals surface area (Å²) in [6, 6.07) is 6.49. The highest BCUT2D eigenvalue weighted by atomic mass is 35.5. The van der Waals surface area contributed by atoms with Crippen molar-refractivity contribution in [2.24, 2.45) is 0 Å². The van der Waals surface area contributed by atoms with Crippen LogP contribution in [0.15, 0.2) is 18.2 Å². The third-order valence-corrected chi connectivity index (χ3v) is 3.92. The Balaban J connectivity index is 2.83. The van der Waals surface area contributed by atoms with E-state index in [4.69, 9.17) is 21.1 Å². The minimum atomic E-state index is 0.243. The maximum Gasteiger partial charge on any atom is 0.0637 e. The van der Waals surface area contributed by atoms with E-state index in [2.05, 4.69) is 29.3 Å². The van der Waals surface area contributed by atoms with Gasteiger partial charge in [-0.3, -0.25) is 0 Å². The van der Waals surface area contributed by atoms with E-state index < -0.39 is 0 Å². The molecule has 0 radical (unpaired) electrons. The number of methoxy groups -OCH3 is 2. The first-order chi connectivity index (χ1) is 10.1. The molecule has 4 nitrogen and oxygen atoms in total. The predicted molar refractivity (Wildman–Crippen MR) is 89.5 cm³/mol. The zero-order chi connectivity index (χ0) is 15.7. The maximum absolute atomic E-state index is 6.42. The van der Waals surface area contributed by atoms with E-state index in [1.165, 1.54) is 0 Å². The van der Waals surface area contributed by atoms with Crippen LogP contribution in [-0.2, 0) is 9.47 Å². The number of nitrogens with one attached hydrogen (secondary N) is 1. The van der Waals surface area contributed by atoms with Crippen molar-refractivity contribution in [3.63, 3.8) is 0 Å². The highest BCUT2D eigenvalue weighted by Crippen LogP contribution is 2.28. The predicted octanol–water partition coefficient (Wildman–Crippen LogP) is 3.11. The van der Waals surface area contributed by atoms with Crippen LogP contribution >= 0.6 is 11.6 Å². The van der Waals surface area contributed by atoms with Crippen LogP contribution in [0, 0.1) is 0 Å². The molecule has 5 heteroatoms. The van der Waals surface area contributed by atoms with Gasteiger partial charge in [-0.1, -0.05) is 17.7 Å². The Hall–Kier alpha value is -0.810. The number of hydrogen-bond donors (Lipinski definition) is 1. The summed E-state index contributed by atoms with van der Waals surface area (Å²) in [6.45, 7) is 5.32. The number of rotatable bonds is 10. The van der Waals surface area contributed by atoms with Gasteiger partial charge >= 0.3 is 0 Å². The van der Waals surface area contributed by atoms with Gasteiger partial charge in [0.25, 0.3) is 0 Å². The van der Waals surface area contributed by atoms with Crippen molar-refractivity contribution in [1.82, 2.24) is 5.32 Å². The van der Waals surface area contributed by atoms with Crippen LogP contribution < -0.4 is 10.2 Å². The Labute approximate surface area is 133 Å². The highest BCUT2D eigenvalue weighted by molar-refractivity contribution is 6.31. The summed E-state index contributed by atoms with van der Waals surface area (Å²) < 4.78 is 10.3. The van der Waals surface area contributed by atoms with Crippen LogP contribution in [0.2, 0.25) is 5.02 Å². The maximum atomic E-state index is 6.42. The van der Waals surface area contributed by atoms with Crippen molar-refractivity contribution in [2.75, 3.05) is 52.5 Å². The number of benzene rings is 1. The number of hydrogen-bond acceptors (Lipinski definition) is 4.